The number of fused-ring (bicyclic) bond motifs is 1. The summed E-state index contributed by atoms with van der Waals surface area (Å²) < 4.78 is 10.1. The van der Waals surface area contributed by atoms with Crippen molar-refractivity contribution in [3.05, 3.63) is 71.8 Å². The van der Waals surface area contributed by atoms with Crippen molar-refractivity contribution < 1.29 is 19.1 Å². The fourth-order valence-electron chi connectivity index (χ4n) is 3.94. The SMILES string of the molecule is COC(=O)[C@@H]1CN2N=C(c3ccccc3)S[C@@]2(c2ccccc2)[C@H]1C(=O)OC. The first-order chi connectivity index (χ1) is 13.6. The minimum Gasteiger partial charge on any atom is -0.469 e. The Bertz CT molecular complexity index is 919. The zero-order valence-electron chi connectivity index (χ0n) is 15.6. The summed E-state index contributed by atoms with van der Waals surface area (Å²) in [6.45, 7) is 0.282. The van der Waals surface area contributed by atoms with Crippen molar-refractivity contribution in [1.82, 2.24) is 5.01 Å². The van der Waals surface area contributed by atoms with Crippen LogP contribution in [-0.4, -0.2) is 42.8 Å². The first-order valence-electron chi connectivity index (χ1n) is 8.93. The number of methoxy groups -OCH3 is 2. The number of hydrogen-bond acceptors (Lipinski definition) is 7. The average Bonchev–Trinajstić information content (AvgIpc) is 3.28. The normalized spacial score (nSPS) is 25.8. The van der Waals surface area contributed by atoms with E-state index in [0.717, 1.165) is 16.2 Å². The lowest BCUT2D eigenvalue weighted by molar-refractivity contribution is -0.156. The molecule has 4 rings (SSSR count). The van der Waals surface area contributed by atoms with Crippen LogP contribution in [0.25, 0.3) is 0 Å². The Hall–Kier alpha value is -2.80. The van der Waals surface area contributed by atoms with E-state index < -0.39 is 28.6 Å². The van der Waals surface area contributed by atoms with E-state index >= 15 is 0 Å². The van der Waals surface area contributed by atoms with E-state index in [-0.39, 0.29) is 6.54 Å². The minimum atomic E-state index is -0.863. The monoisotopic (exact) mass is 396 g/mol. The molecule has 1 saturated heterocycles. The summed E-state index contributed by atoms with van der Waals surface area (Å²) in [5, 5.41) is 7.45. The number of carbonyl (C=O) groups is 2. The summed E-state index contributed by atoms with van der Waals surface area (Å²) in [5.74, 6) is -2.29. The summed E-state index contributed by atoms with van der Waals surface area (Å²) in [6.07, 6.45) is 0. The highest BCUT2D eigenvalue weighted by Gasteiger charge is 2.64. The Balaban J connectivity index is 1.86. The molecule has 2 heterocycles. The van der Waals surface area contributed by atoms with E-state index in [1.807, 2.05) is 65.7 Å². The lowest BCUT2D eigenvalue weighted by Gasteiger charge is -2.35. The van der Waals surface area contributed by atoms with Gasteiger partial charge in [0.25, 0.3) is 0 Å². The second-order valence-corrected chi connectivity index (χ2v) is 7.86. The predicted octanol–water partition coefficient (Wildman–Crippen LogP) is 2.84. The molecule has 6 nitrogen and oxygen atoms in total. The summed E-state index contributed by atoms with van der Waals surface area (Å²) in [4.78, 5) is 24.5. The molecule has 144 valence electrons. The zero-order valence-corrected chi connectivity index (χ0v) is 16.4. The predicted molar refractivity (Wildman–Crippen MR) is 106 cm³/mol. The number of ether oxygens (including phenoxy) is 2. The molecule has 0 bridgehead atoms. The van der Waals surface area contributed by atoms with Crippen LogP contribution in [-0.2, 0) is 23.9 Å². The van der Waals surface area contributed by atoms with Crippen LogP contribution in [0.15, 0.2) is 65.8 Å². The smallest absolute Gasteiger partial charge is 0.313 e. The van der Waals surface area contributed by atoms with Gasteiger partial charge in [-0.1, -0.05) is 72.4 Å². The summed E-state index contributed by atoms with van der Waals surface area (Å²) in [6, 6.07) is 19.5. The molecule has 0 saturated carbocycles. The van der Waals surface area contributed by atoms with Crippen LogP contribution in [0.4, 0.5) is 0 Å². The van der Waals surface area contributed by atoms with E-state index in [0.29, 0.717) is 0 Å². The molecule has 7 heteroatoms. The third-order valence-electron chi connectivity index (χ3n) is 5.21. The van der Waals surface area contributed by atoms with Crippen LogP contribution in [0.5, 0.6) is 0 Å². The van der Waals surface area contributed by atoms with Crippen molar-refractivity contribution in [2.45, 2.75) is 4.87 Å². The van der Waals surface area contributed by atoms with Gasteiger partial charge in [0, 0.05) is 5.56 Å². The van der Waals surface area contributed by atoms with Gasteiger partial charge in [-0.15, -0.1) is 0 Å². The first kappa shape index (κ1) is 18.6. The molecule has 2 aliphatic rings. The van der Waals surface area contributed by atoms with Crippen molar-refractivity contribution in [2.75, 3.05) is 20.8 Å². The highest BCUT2D eigenvalue weighted by molar-refractivity contribution is 8.15. The maximum absolute atomic E-state index is 12.9. The van der Waals surface area contributed by atoms with Gasteiger partial charge >= 0.3 is 11.9 Å². The number of thioether (sulfide) groups is 1. The minimum absolute atomic E-state index is 0.282. The third-order valence-corrected chi connectivity index (χ3v) is 6.73. The summed E-state index contributed by atoms with van der Waals surface area (Å²) in [5.41, 5.74) is 1.87. The van der Waals surface area contributed by atoms with Crippen molar-refractivity contribution in [3.63, 3.8) is 0 Å². The Morgan fingerprint density at radius 1 is 1.00 bits per heavy atom. The van der Waals surface area contributed by atoms with E-state index in [4.69, 9.17) is 14.6 Å². The van der Waals surface area contributed by atoms with Gasteiger partial charge in [0.05, 0.1) is 26.7 Å². The number of benzene rings is 2. The van der Waals surface area contributed by atoms with Gasteiger partial charge in [-0.2, -0.15) is 5.10 Å². The van der Waals surface area contributed by atoms with E-state index in [1.165, 1.54) is 26.0 Å². The number of nitrogens with zero attached hydrogens (tertiary/aromatic N) is 2. The first-order valence-corrected chi connectivity index (χ1v) is 9.75. The standard InChI is InChI=1S/C21H20N2O4S/c1-26-19(24)16-13-23-21(17(16)20(25)27-2,15-11-7-4-8-12-15)28-18(22-23)14-9-5-3-6-10-14/h3-12,16-17H,13H2,1-2H3/t16-,17-,21+/m1/s1. The van der Waals surface area contributed by atoms with Gasteiger partial charge in [-0.3, -0.25) is 14.6 Å². The average molecular weight is 396 g/mol. The molecule has 2 aromatic carbocycles. The highest BCUT2D eigenvalue weighted by Crippen LogP contribution is 2.58. The number of rotatable bonds is 4. The Morgan fingerprint density at radius 2 is 1.61 bits per heavy atom. The molecular formula is C21H20N2O4S. The van der Waals surface area contributed by atoms with Crippen molar-refractivity contribution in [2.24, 2.45) is 16.9 Å². The van der Waals surface area contributed by atoms with Crippen LogP contribution in [0.3, 0.4) is 0 Å². The maximum atomic E-state index is 12.9. The van der Waals surface area contributed by atoms with Crippen molar-refractivity contribution in [3.8, 4) is 0 Å². The quantitative estimate of drug-likeness (QED) is 0.741. The number of carbonyl (C=O) groups excluding carboxylic acids is 2. The van der Waals surface area contributed by atoms with Gasteiger partial charge in [-0.05, 0) is 5.56 Å². The molecule has 1 fully saturated rings. The third kappa shape index (κ3) is 2.77. The van der Waals surface area contributed by atoms with Gasteiger partial charge in [0.1, 0.15) is 15.8 Å². The molecule has 2 aliphatic heterocycles. The molecule has 0 spiro atoms. The second-order valence-electron chi connectivity index (χ2n) is 6.65. The number of esters is 2. The largest absolute Gasteiger partial charge is 0.469 e. The fraction of sp³-hybridized carbons (Fsp3) is 0.286. The van der Waals surface area contributed by atoms with Gasteiger partial charge < -0.3 is 9.47 Å². The molecular weight excluding hydrogens is 376 g/mol. The van der Waals surface area contributed by atoms with Crippen LogP contribution < -0.4 is 0 Å². The molecule has 2 aromatic rings. The van der Waals surface area contributed by atoms with E-state index in [1.54, 1.807) is 0 Å². The van der Waals surface area contributed by atoms with Crippen LogP contribution in [0, 0.1) is 11.8 Å². The topological polar surface area (TPSA) is 68.2 Å². The Kier molecular flexibility index (Phi) is 4.85. The van der Waals surface area contributed by atoms with E-state index in [2.05, 4.69) is 0 Å². The van der Waals surface area contributed by atoms with Crippen LogP contribution in [0.2, 0.25) is 0 Å². The Morgan fingerprint density at radius 3 is 2.21 bits per heavy atom. The summed E-state index contributed by atoms with van der Waals surface area (Å²) >= 11 is 1.49. The molecule has 0 amide bonds. The van der Waals surface area contributed by atoms with Crippen LogP contribution >= 0.6 is 11.8 Å². The Labute approximate surface area is 167 Å². The molecule has 3 atom stereocenters. The zero-order chi connectivity index (χ0) is 19.7. The lowest BCUT2D eigenvalue weighted by atomic mass is 9.86. The maximum Gasteiger partial charge on any atom is 0.313 e. The lowest BCUT2D eigenvalue weighted by Crippen LogP contribution is -2.42. The highest BCUT2D eigenvalue weighted by atomic mass is 32.2. The van der Waals surface area contributed by atoms with Gasteiger partial charge in [-0.25, -0.2) is 0 Å². The van der Waals surface area contributed by atoms with Crippen molar-refractivity contribution >= 4 is 28.7 Å². The van der Waals surface area contributed by atoms with Crippen LogP contribution in [0.1, 0.15) is 11.1 Å². The number of hydrazone groups is 1. The molecule has 0 radical (unpaired) electrons. The second kappa shape index (κ2) is 7.31. The molecule has 0 N–H and O–H groups in total. The molecule has 0 aliphatic carbocycles. The summed E-state index contributed by atoms with van der Waals surface area (Å²) in [7, 11) is 2.68. The molecule has 28 heavy (non-hydrogen) atoms. The van der Waals surface area contributed by atoms with Gasteiger partial charge in [0.15, 0.2) is 0 Å². The molecule has 0 aromatic heterocycles. The fourth-order valence-corrected chi connectivity index (χ4v) is 5.49. The van der Waals surface area contributed by atoms with Crippen molar-refractivity contribution in [1.29, 1.82) is 0 Å². The van der Waals surface area contributed by atoms with E-state index in [9.17, 15) is 9.59 Å². The van der Waals surface area contributed by atoms with Gasteiger partial charge in [0.2, 0.25) is 0 Å². The number of hydrogen-bond donors (Lipinski definition) is 0. The molecule has 0 unspecified atom stereocenters.